The number of hydrogen-bond acceptors (Lipinski definition) is 5. The second kappa shape index (κ2) is 5.81. The molecular formula is C11H12BrN3OS2. The van der Waals surface area contributed by atoms with Gasteiger partial charge in [-0.15, -0.1) is 22.7 Å². The predicted molar refractivity (Wildman–Crippen MR) is 78.7 cm³/mol. The van der Waals surface area contributed by atoms with Crippen LogP contribution >= 0.6 is 38.6 Å². The fourth-order valence-electron chi connectivity index (χ4n) is 1.48. The molecule has 0 atom stereocenters. The number of likely N-dealkylation sites (N-methyl/N-ethyl adjacent to an activating group) is 1. The summed E-state index contributed by atoms with van der Waals surface area (Å²) in [6.07, 6.45) is 0.301. The van der Waals surface area contributed by atoms with Crippen LogP contribution in [-0.4, -0.2) is 22.8 Å². The van der Waals surface area contributed by atoms with Crippen LogP contribution in [0.25, 0.3) is 0 Å². The Morgan fingerprint density at radius 2 is 2.28 bits per heavy atom. The van der Waals surface area contributed by atoms with Crippen LogP contribution in [0.4, 0.5) is 5.13 Å². The van der Waals surface area contributed by atoms with Crippen molar-refractivity contribution in [1.29, 1.82) is 0 Å². The number of halogens is 1. The normalized spacial score (nSPS) is 10.6. The topological polar surface area (TPSA) is 59.2 Å². The molecule has 2 heterocycles. The molecule has 0 unspecified atom stereocenters. The van der Waals surface area contributed by atoms with Crippen molar-refractivity contribution in [3.05, 3.63) is 31.9 Å². The van der Waals surface area contributed by atoms with Crippen LogP contribution in [0.3, 0.4) is 0 Å². The predicted octanol–water partition coefficient (Wildman–Crippen LogP) is 2.75. The molecule has 0 aliphatic rings. The number of hydrogen-bond donors (Lipinski definition) is 1. The molecule has 0 fully saturated rings. The van der Waals surface area contributed by atoms with Crippen molar-refractivity contribution in [1.82, 2.24) is 9.88 Å². The molecule has 96 valence electrons. The maximum atomic E-state index is 12.0. The first kappa shape index (κ1) is 13.5. The van der Waals surface area contributed by atoms with Gasteiger partial charge in [0.05, 0.1) is 15.9 Å². The molecule has 2 rings (SSSR count). The van der Waals surface area contributed by atoms with E-state index in [1.54, 1.807) is 23.3 Å². The first-order chi connectivity index (χ1) is 8.54. The Morgan fingerprint density at radius 3 is 2.83 bits per heavy atom. The summed E-state index contributed by atoms with van der Waals surface area (Å²) in [4.78, 5) is 17.8. The van der Waals surface area contributed by atoms with E-state index in [4.69, 9.17) is 5.73 Å². The van der Waals surface area contributed by atoms with E-state index >= 15 is 0 Å². The van der Waals surface area contributed by atoms with Crippen LogP contribution in [0.5, 0.6) is 0 Å². The quantitative estimate of drug-likeness (QED) is 0.926. The number of thiophene rings is 1. The lowest BCUT2D eigenvalue weighted by Gasteiger charge is -2.15. The van der Waals surface area contributed by atoms with Gasteiger partial charge in [0.25, 0.3) is 0 Å². The summed E-state index contributed by atoms with van der Waals surface area (Å²) in [7, 11) is 1.80. The highest BCUT2D eigenvalue weighted by Crippen LogP contribution is 2.21. The zero-order valence-electron chi connectivity index (χ0n) is 9.72. The third-order valence-electron chi connectivity index (χ3n) is 2.37. The minimum Gasteiger partial charge on any atom is -0.375 e. The number of nitrogens with zero attached hydrogens (tertiary/aromatic N) is 2. The lowest BCUT2D eigenvalue weighted by molar-refractivity contribution is -0.129. The Bertz CT molecular complexity index is 552. The molecule has 7 heteroatoms. The van der Waals surface area contributed by atoms with Gasteiger partial charge in [0.15, 0.2) is 5.13 Å². The molecular weight excluding hydrogens is 334 g/mol. The number of anilines is 1. The number of rotatable bonds is 4. The summed E-state index contributed by atoms with van der Waals surface area (Å²) in [5, 5.41) is 4.36. The number of nitrogen functional groups attached to an aromatic ring is 1. The summed E-state index contributed by atoms with van der Waals surface area (Å²) >= 11 is 6.38. The number of nitrogens with two attached hydrogens (primary N) is 1. The Balaban J connectivity index is 1.92. The van der Waals surface area contributed by atoms with Crippen molar-refractivity contribution in [2.45, 2.75) is 13.0 Å². The van der Waals surface area contributed by atoms with Crippen molar-refractivity contribution < 1.29 is 4.79 Å². The number of amides is 1. The number of carbonyl (C=O) groups is 1. The third-order valence-corrected chi connectivity index (χ3v) is 4.65. The van der Waals surface area contributed by atoms with Gasteiger partial charge in [-0.25, -0.2) is 4.98 Å². The zero-order valence-corrected chi connectivity index (χ0v) is 12.9. The van der Waals surface area contributed by atoms with E-state index in [0.29, 0.717) is 18.1 Å². The van der Waals surface area contributed by atoms with Crippen LogP contribution in [0, 0.1) is 0 Å². The van der Waals surface area contributed by atoms with Crippen LogP contribution < -0.4 is 5.73 Å². The van der Waals surface area contributed by atoms with Crippen molar-refractivity contribution >= 4 is 49.6 Å². The molecule has 2 aromatic rings. The van der Waals surface area contributed by atoms with Crippen LogP contribution in [0.15, 0.2) is 20.6 Å². The minimum atomic E-state index is 0.0441. The Morgan fingerprint density at radius 1 is 1.50 bits per heavy atom. The van der Waals surface area contributed by atoms with Gasteiger partial charge in [-0.3, -0.25) is 4.79 Å². The van der Waals surface area contributed by atoms with E-state index in [9.17, 15) is 4.79 Å². The van der Waals surface area contributed by atoms with Crippen molar-refractivity contribution in [2.24, 2.45) is 0 Å². The summed E-state index contributed by atoms with van der Waals surface area (Å²) in [5.74, 6) is 0.0441. The first-order valence-corrected chi connectivity index (χ1v) is 7.76. The van der Waals surface area contributed by atoms with E-state index in [1.807, 2.05) is 16.8 Å². The molecule has 4 nitrogen and oxygen atoms in total. The molecule has 0 aliphatic carbocycles. The molecule has 2 aromatic heterocycles. The molecule has 0 aliphatic heterocycles. The SMILES string of the molecule is CN(Cc1csc(Br)c1)C(=O)Cc1csc(N)n1. The molecule has 0 spiro atoms. The van der Waals surface area contributed by atoms with E-state index in [-0.39, 0.29) is 5.91 Å². The highest BCUT2D eigenvalue weighted by Gasteiger charge is 2.12. The molecule has 0 saturated carbocycles. The molecule has 2 N–H and O–H groups in total. The summed E-state index contributed by atoms with van der Waals surface area (Å²) in [6.45, 7) is 0.612. The van der Waals surface area contributed by atoms with Gasteiger partial charge in [0, 0.05) is 19.0 Å². The lowest BCUT2D eigenvalue weighted by atomic mass is 10.2. The van der Waals surface area contributed by atoms with Gasteiger partial charge >= 0.3 is 0 Å². The van der Waals surface area contributed by atoms with E-state index < -0.39 is 0 Å². The van der Waals surface area contributed by atoms with Crippen LogP contribution in [-0.2, 0) is 17.8 Å². The van der Waals surface area contributed by atoms with Gasteiger partial charge in [-0.2, -0.15) is 0 Å². The lowest BCUT2D eigenvalue weighted by Crippen LogP contribution is -2.27. The third kappa shape index (κ3) is 3.54. The largest absolute Gasteiger partial charge is 0.375 e. The Labute approximate surface area is 122 Å². The van der Waals surface area contributed by atoms with Gasteiger partial charge in [-0.05, 0) is 32.9 Å². The number of carbonyl (C=O) groups excluding carboxylic acids is 1. The maximum absolute atomic E-state index is 12.0. The Hall–Kier alpha value is -0.920. The highest BCUT2D eigenvalue weighted by molar-refractivity contribution is 9.11. The van der Waals surface area contributed by atoms with Gasteiger partial charge in [0.1, 0.15) is 0 Å². The molecule has 1 amide bonds. The minimum absolute atomic E-state index is 0.0441. The Kier molecular flexibility index (Phi) is 4.36. The maximum Gasteiger partial charge on any atom is 0.228 e. The van der Waals surface area contributed by atoms with Crippen LogP contribution in [0.2, 0.25) is 0 Å². The van der Waals surface area contributed by atoms with Crippen molar-refractivity contribution in [3.8, 4) is 0 Å². The van der Waals surface area contributed by atoms with Crippen LogP contribution in [0.1, 0.15) is 11.3 Å². The van der Waals surface area contributed by atoms with Gasteiger partial charge in [-0.1, -0.05) is 0 Å². The molecule has 0 bridgehead atoms. The summed E-state index contributed by atoms with van der Waals surface area (Å²) in [5.41, 5.74) is 7.40. The second-order valence-electron chi connectivity index (χ2n) is 3.86. The average molecular weight is 346 g/mol. The summed E-state index contributed by atoms with van der Waals surface area (Å²) < 4.78 is 1.07. The van der Waals surface area contributed by atoms with Crippen molar-refractivity contribution in [2.75, 3.05) is 12.8 Å². The first-order valence-electron chi connectivity index (χ1n) is 5.21. The monoisotopic (exact) mass is 345 g/mol. The second-order valence-corrected chi connectivity index (χ2v) is 7.04. The number of thiazole rings is 1. The average Bonchev–Trinajstić information content (AvgIpc) is 2.88. The molecule has 0 radical (unpaired) electrons. The van der Waals surface area contributed by atoms with E-state index in [0.717, 1.165) is 15.0 Å². The van der Waals surface area contributed by atoms with E-state index in [2.05, 4.69) is 20.9 Å². The van der Waals surface area contributed by atoms with E-state index in [1.165, 1.54) is 11.3 Å². The smallest absolute Gasteiger partial charge is 0.228 e. The van der Waals surface area contributed by atoms with Crippen molar-refractivity contribution in [3.63, 3.8) is 0 Å². The van der Waals surface area contributed by atoms with Gasteiger partial charge < -0.3 is 10.6 Å². The standard InChI is InChI=1S/C11H12BrN3OS2/c1-15(4-7-2-9(12)17-5-7)10(16)3-8-6-18-11(13)14-8/h2,5-6H,3-4H2,1H3,(H2,13,14). The fraction of sp³-hybridized carbons (Fsp3) is 0.273. The zero-order chi connectivity index (χ0) is 13.1. The van der Waals surface area contributed by atoms with Gasteiger partial charge in [0.2, 0.25) is 5.91 Å². The molecule has 0 saturated heterocycles. The molecule has 0 aromatic carbocycles. The number of aromatic nitrogens is 1. The fourth-order valence-corrected chi connectivity index (χ4v) is 3.25. The highest BCUT2D eigenvalue weighted by atomic mass is 79.9. The molecule has 18 heavy (non-hydrogen) atoms. The summed E-state index contributed by atoms with van der Waals surface area (Å²) in [6, 6.07) is 2.02.